The average Bonchev–Trinajstić information content (AvgIpc) is 2.51. The lowest BCUT2D eigenvalue weighted by molar-refractivity contribution is -0.206. The Bertz CT molecular complexity index is 574. The quantitative estimate of drug-likeness (QED) is 0.399. The van der Waals surface area contributed by atoms with E-state index in [1.54, 1.807) is 6.92 Å². The molecule has 0 aliphatic heterocycles. The van der Waals surface area contributed by atoms with E-state index in [1.807, 2.05) is 0 Å². The van der Waals surface area contributed by atoms with Gasteiger partial charge in [0.05, 0.1) is 5.56 Å². The second-order valence-corrected chi connectivity index (χ2v) is 5.27. The number of carbonyl (C=O) groups is 1. The van der Waals surface area contributed by atoms with Crippen LogP contribution in [-0.2, 0) is 9.47 Å². The number of unbranched alkanes of at least 4 members (excludes halogenated alkanes) is 2. The second kappa shape index (κ2) is 9.55. The van der Waals surface area contributed by atoms with Crippen LogP contribution in [0.4, 0.5) is 22.0 Å². The molecule has 142 valence electrons. The first-order valence-corrected chi connectivity index (χ1v) is 7.70. The SMILES string of the molecule is CCOCCCCCC(OC(=O)c1cc(F)c(O)cc1F)C(F)(F)F. The van der Waals surface area contributed by atoms with Crippen molar-refractivity contribution in [2.24, 2.45) is 0 Å². The summed E-state index contributed by atoms with van der Waals surface area (Å²) in [7, 11) is 0. The summed E-state index contributed by atoms with van der Waals surface area (Å²) < 4.78 is 75.0. The van der Waals surface area contributed by atoms with Gasteiger partial charge in [-0.15, -0.1) is 0 Å². The van der Waals surface area contributed by atoms with Crippen molar-refractivity contribution in [2.45, 2.75) is 44.9 Å². The molecule has 1 rings (SSSR count). The van der Waals surface area contributed by atoms with Gasteiger partial charge in [0.2, 0.25) is 0 Å². The molecule has 1 atom stereocenters. The molecule has 0 aliphatic rings. The van der Waals surface area contributed by atoms with E-state index in [1.165, 1.54) is 0 Å². The average molecular weight is 370 g/mol. The maximum atomic E-state index is 13.5. The maximum absolute atomic E-state index is 13.5. The van der Waals surface area contributed by atoms with Crippen molar-refractivity contribution in [3.8, 4) is 5.75 Å². The fourth-order valence-electron chi connectivity index (χ4n) is 2.03. The molecule has 0 saturated carbocycles. The van der Waals surface area contributed by atoms with Gasteiger partial charge >= 0.3 is 12.1 Å². The van der Waals surface area contributed by atoms with E-state index >= 15 is 0 Å². The van der Waals surface area contributed by atoms with Crippen molar-refractivity contribution in [3.63, 3.8) is 0 Å². The zero-order chi connectivity index (χ0) is 19.0. The molecular formula is C16H19F5O4. The Morgan fingerprint density at radius 1 is 1.16 bits per heavy atom. The van der Waals surface area contributed by atoms with Crippen LogP contribution in [0.5, 0.6) is 5.75 Å². The molecule has 0 amide bonds. The van der Waals surface area contributed by atoms with Gasteiger partial charge in [-0.1, -0.05) is 6.42 Å². The van der Waals surface area contributed by atoms with Gasteiger partial charge in [0.25, 0.3) is 0 Å². The van der Waals surface area contributed by atoms with Crippen LogP contribution in [0.25, 0.3) is 0 Å². The monoisotopic (exact) mass is 370 g/mol. The Balaban J connectivity index is 2.69. The molecule has 1 unspecified atom stereocenters. The number of carbonyl (C=O) groups excluding carboxylic acids is 1. The first-order valence-electron chi connectivity index (χ1n) is 7.70. The predicted molar refractivity (Wildman–Crippen MR) is 78.2 cm³/mol. The van der Waals surface area contributed by atoms with Gasteiger partial charge in [-0.3, -0.25) is 0 Å². The number of hydrogen-bond donors (Lipinski definition) is 1. The lowest BCUT2D eigenvalue weighted by Gasteiger charge is -2.21. The topological polar surface area (TPSA) is 55.8 Å². The summed E-state index contributed by atoms with van der Waals surface area (Å²) in [5.41, 5.74) is -1.01. The molecule has 0 heterocycles. The molecule has 1 aromatic rings. The normalized spacial score (nSPS) is 12.9. The standard InChI is InChI=1S/C16H19F5O4/c1-2-24-7-5-3-4-6-14(16(19,20)21)25-15(23)10-8-12(18)13(22)9-11(10)17/h8-9,14,22H,2-7H2,1H3. The third-order valence-corrected chi connectivity index (χ3v) is 3.33. The number of hydrogen-bond acceptors (Lipinski definition) is 4. The predicted octanol–water partition coefficient (Wildman–Crippen LogP) is 4.36. The van der Waals surface area contributed by atoms with Gasteiger partial charge in [0, 0.05) is 19.3 Å². The van der Waals surface area contributed by atoms with E-state index in [4.69, 9.17) is 9.84 Å². The minimum atomic E-state index is -4.83. The van der Waals surface area contributed by atoms with Crippen LogP contribution in [0.1, 0.15) is 43.0 Å². The number of phenolic OH excluding ortho intramolecular Hbond substituents is 1. The summed E-state index contributed by atoms with van der Waals surface area (Å²) in [6, 6.07) is 0.588. The fraction of sp³-hybridized carbons (Fsp3) is 0.562. The lowest BCUT2D eigenvalue weighted by atomic mass is 10.1. The van der Waals surface area contributed by atoms with E-state index < -0.39 is 47.6 Å². The lowest BCUT2D eigenvalue weighted by Crippen LogP contribution is -2.34. The molecule has 0 spiro atoms. The Hall–Kier alpha value is -1.90. The first-order chi connectivity index (χ1) is 11.7. The summed E-state index contributed by atoms with van der Waals surface area (Å²) in [4.78, 5) is 11.7. The van der Waals surface area contributed by atoms with Crippen molar-refractivity contribution in [2.75, 3.05) is 13.2 Å². The first kappa shape index (κ1) is 21.1. The van der Waals surface area contributed by atoms with Crippen molar-refractivity contribution < 1.29 is 41.3 Å². The molecule has 25 heavy (non-hydrogen) atoms. The summed E-state index contributed by atoms with van der Waals surface area (Å²) in [6.07, 6.45) is -6.64. The van der Waals surface area contributed by atoms with Crippen LogP contribution in [-0.4, -0.2) is 36.6 Å². The van der Waals surface area contributed by atoms with E-state index in [9.17, 15) is 26.7 Å². The molecule has 0 aliphatic carbocycles. The minimum Gasteiger partial charge on any atom is -0.505 e. The zero-order valence-electron chi connectivity index (χ0n) is 13.5. The number of aromatic hydroxyl groups is 1. The number of phenols is 1. The Morgan fingerprint density at radius 2 is 1.84 bits per heavy atom. The third kappa shape index (κ3) is 6.85. The molecule has 0 fully saturated rings. The molecule has 1 N–H and O–H groups in total. The molecule has 0 saturated heterocycles. The van der Waals surface area contributed by atoms with E-state index in [0.717, 1.165) is 0 Å². The summed E-state index contributed by atoms with van der Waals surface area (Å²) >= 11 is 0. The van der Waals surface area contributed by atoms with E-state index in [-0.39, 0.29) is 6.42 Å². The van der Waals surface area contributed by atoms with Crippen LogP contribution >= 0.6 is 0 Å². The Morgan fingerprint density at radius 3 is 2.44 bits per heavy atom. The van der Waals surface area contributed by atoms with Crippen LogP contribution < -0.4 is 0 Å². The number of halogens is 5. The number of alkyl halides is 3. The number of benzene rings is 1. The van der Waals surface area contributed by atoms with E-state index in [0.29, 0.717) is 38.2 Å². The van der Waals surface area contributed by atoms with Gasteiger partial charge in [-0.05, 0) is 32.3 Å². The molecule has 0 aromatic heterocycles. The Kier molecular flexibility index (Phi) is 8.08. The minimum absolute atomic E-state index is 0.122. The smallest absolute Gasteiger partial charge is 0.425 e. The van der Waals surface area contributed by atoms with Crippen LogP contribution in [0.3, 0.4) is 0 Å². The van der Waals surface area contributed by atoms with Crippen molar-refractivity contribution in [1.82, 2.24) is 0 Å². The van der Waals surface area contributed by atoms with Gasteiger partial charge in [-0.2, -0.15) is 13.2 Å². The molecule has 0 bridgehead atoms. The highest BCUT2D eigenvalue weighted by atomic mass is 19.4. The maximum Gasteiger partial charge on any atom is 0.425 e. The number of rotatable bonds is 9. The van der Waals surface area contributed by atoms with Crippen LogP contribution in [0.15, 0.2) is 12.1 Å². The fourth-order valence-corrected chi connectivity index (χ4v) is 2.03. The van der Waals surface area contributed by atoms with Gasteiger partial charge < -0.3 is 14.6 Å². The highest BCUT2D eigenvalue weighted by Gasteiger charge is 2.42. The molecule has 0 radical (unpaired) electrons. The highest BCUT2D eigenvalue weighted by molar-refractivity contribution is 5.90. The molecular weight excluding hydrogens is 351 g/mol. The van der Waals surface area contributed by atoms with Gasteiger partial charge in [-0.25, -0.2) is 13.6 Å². The number of esters is 1. The largest absolute Gasteiger partial charge is 0.505 e. The van der Waals surface area contributed by atoms with Crippen molar-refractivity contribution >= 4 is 5.97 Å². The third-order valence-electron chi connectivity index (χ3n) is 3.33. The van der Waals surface area contributed by atoms with Gasteiger partial charge in [0.1, 0.15) is 5.82 Å². The molecule has 4 nitrogen and oxygen atoms in total. The van der Waals surface area contributed by atoms with Crippen molar-refractivity contribution in [3.05, 3.63) is 29.3 Å². The number of ether oxygens (including phenoxy) is 2. The summed E-state index contributed by atoms with van der Waals surface area (Å²) in [5.74, 6) is -5.42. The summed E-state index contributed by atoms with van der Waals surface area (Å²) in [6.45, 7) is 2.73. The van der Waals surface area contributed by atoms with Crippen LogP contribution in [0.2, 0.25) is 0 Å². The zero-order valence-corrected chi connectivity index (χ0v) is 13.5. The van der Waals surface area contributed by atoms with E-state index in [2.05, 4.69) is 4.74 Å². The molecule has 9 heteroatoms. The van der Waals surface area contributed by atoms with Crippen molar-refractivity contribution in [1.29, 1.82) is 0 Å². The van der Waals surface area contributed by atoms with Gasteiger partial charge in [0.15, 0.2) is 17.7 Å². The van der Waals surface area contributed by atoms with Crippen LogP contribution in [0, 0.1) is 11.6 Å². The molecule has 1 aromatic carbocycles. The Labute approximate surface area is 141 Å². The summed E-state index contributed by atoms with van der Waals surface area (Å²) in [5, 5.41) is 8.96. The second-order valence-electron chi connectivity index (χ2n) is 5.27. The highest BCUT2D eigenvalue weighted by Crippen LogP contribution is 2.29.